The number of benzene rings is 2. The van der Waals surface area contributed by atoms with Crippen molar-refractivity contribution in [1.29, 1.82) is 0 Å². The number of rotatable bonds is 2. The summed E-state index contributed by atoms with van der Waals surface area (Å²) in [6.45, 7) is 3.93. The number of ether oxygens (including phenoxy) is 1. The van der Waals surface area contributed by atoms with Crippen molar-refractivity contribution in [3.8, 4) is 11.4 Å². The van der Waals surface area contributed by atoms with Crippen molar-refractivity contribution in [2.45, 2.75) is 13.8 Å². The molecule has 3 heterocycles. The van der Waals surface area contributed by atoms with E-state index in [9.17, 15) is 9.59 Å². The Labute approximate surface area is 167 Å². The van der Waals surface area contributed by atoms with Gasteiger partial charge >= 0.3 is 11.9 Å². The van der Waals surface area contributed by atoms with Gasteiger partial charge in [0.2, 0.25) is 12.7 Å². The van der Waals surface area contributed by atoms with E-state index in [0.717, 1.165) is 22.2 Å². The predicted molar refractivity (Wildman–Crippen MR) is 104 cm³/mol. The fourth-order valence-electron chi connectivity index (χ4n) is 4.28. The van der Waals surface area contributed by atoms with Crippen molar-refractivity contribution < 1.29 is 23.5 Å². The molecule has 0 spiro atoms. The SMILES string of the molecule is Cc1c[n+](C)cn1-c1c2c(c(-n3c[n+](C)cc3C)c3ccccc13)C(=O)OC2=O. The molecule has 1 aliphatic rings. The number of nitrogens with zero attached hydrogens (tertiary/aromatic N) is 4. The highest BCUT2D eigenvalue weighted by atomic mass is 16.6. The van der Waals surface area contributed by atoms with Gasteiger partial charge < -0.3 is 4.74 Å². The number of aryl methyl sites for hydroxylation is 4. The summed E-state index contributed by atoms with van der Waals surface area (Å²) >= 11 is 0. The Morgan fingerprint density at radius 3 is 1.52 bits per heavy atom. The summed E-state index contributed by atoms with van der Waals surface area (Å²) in [5.41, 5.74) is 3.84. The first kappa shape index (κ1) is 17.4. The monoisotopic (exact) mass is 388 g/mol. The number of hydrogen-bond acceptors (Lipinski definition) is 3. The van der Waals surface area contributed by atoms with Gasteiger partial charge in [0.1, 0.15) is 34.9 Å². The Hall–Kier alpha value is -3.74. The number of cyclic esters (lactones) is 2. The van der Waals surface area contributed by atoms with Gasteiger partial charge in [-0.05, 0) is 12.1 Å². The lowest BCUT2D eigenvalue weighted by atomic mass is 9.96. The van der Waals surface area contributed by atoms with Gasteiger partial charge in [0, 0.05) is 24.6 Å². The zero-order chi connectivity index (χ0) is 20.4. The van der Waals surface area contributed by atoms with Crippen LogP contribution in [-0.2, 0) is 18.8 Å². The smallest absolute Gasteiger partial charge is 0.351 e. The van der Waals surface area contributed by atoms with Crippen LogP contribution < -0.4 is 9.13 Å². The normalized spacial score (nSPS) is 13.2. The minimum Gasteiger partial charge on any atom is -0.385 e. The molecule has 0 atom stereocenters. The molecule has 0 saturated heterocycles. The van der Waals surface area contributed by atoms with E-state index < -0.39 is 11.9 Å². The average Bonchev–Trinajstić information content (AvgIpc) is 3.28. The van der Waals surface area contributed by atoms with Gasteiger partial charge in [0.05, 0.1) is 14.1 Å². The molecule has 2 aromatic heterocycles. The first-order valence-electron chi connectivity index (χ1n) is 9.31. The van der Waals surface area contributed by atoms with E-state index in [2.05, 4.69) is 0 Å². The van der Waals surface area contributed by atoms with Crippen LogP contribution in [0.4, 0.5) is 0 Å². The lowest BCUT2D eigenvalue weighted by Crippen LogP contribution is -2.24. The second kappa shape index (κ2) is 5.88. The standard InChI is InChI=1S/C22H20N4O3/c1-13-9-23(3)11-25(13)19-15-7-5-6-8-16(15)20(26-12-24(4)10-14(26)2)18-17(19)21(27)29-22(18)28/h5-12H,1-4H3/q+2. The van der Waals surface area contributed by atoms with Crippen molar-refractivity contribution >= 4 is 22.7 Å². The second-order valence-corrected chi connectivity index (χ2v) is 7.51. The number of esters is 2. The van der Waals surface area contributed by atoms with Gasteiger partial charge in [0.25, 0.3) is 0 Å². The van der Waals surface area contributed by atoms with Crippen LogP contribution in [0, 0.1) is 13.8 Å². The van der Waals surface area contributed by atoms with E-state index in [1.807, 2.05) is 95.5 Å². The van der Waals surface area contributed by atoms with Crippen molar-refractivity contribution in [3.63, 3.8) is 0 Å². The summed E-state index contributed by atoms with van der Waals surface area (Å²) in [4.78, 5) is 25.7. The molecule has 7 nitrogen and oxygen atoms in total. The molecule has 0 fully saturated rings. The van der Waals surface area contributed by atoms with Crippen molar-refractivity contribution in [1.82, 2.24) is 9.13 Å². The fraction of sp³-hybridized carbons (Fsp3) is 0.182. The maximum absolute atomic E-state index is 12.8. The van der Waals surface area contributed by atoms with E-state index in [0.29, 0.717) is 22.5 Å². The van der Waals surface area contributed by atoms with Gasteiger partial charge in [-0.1, -0.05) is 12.1 Å². The summed E-state index contributed by atoms with van der Waals surface area (Å²) in [5, 5.41) is 1.76. The number of carbonyl (C=O) groups excluding carboxylic acids is 2. The van der Waals surface area contributed by atoms with Crippen LogP contribution in [0.15, 0.2) is 49.3 Å². The lowest BCUT2D eigenvalue weighted by Gasteiger charge is -2.12. The summed E-state index contributed by atoms with van der Waals surface area (Å²) in [5.74, 6) is -1.23. The molecule has 7 heteroatoms. The highest BCUT2D eigenvalue weighted by molar-refractivity contribution is 6.23. The Morgan fingerprint density at radius 2 is 1.17 bits per heavy atom. The molecule has 0 N–H and O–H groups in total. The van der Waals surface area contributed by atoms with Gasteiger partial charge in [-0.3, -0.25) is 0 Å². The first-order valence-corrected chi connectivity index (χ1v) is 9.31. The first-order chi connectivity index (χ1) is 13.9. The molecule has 0 amide bonds. The van der Waals surface area contributed by atoms with Crippen LogP contribution in [0.5, 0.6) is 0 Å². The lowest BCUT2D eigenvalue weighted by molar-refractivity contribution is -0.670. The molecule has 0 bridgehead atoms. The van der Waals surface area contributed by atoms with Crippen molar-refractivity contribution in [3.05, 3.63) is 71.8 Å². The van der Waals surface area contributed by atoms with E-state index in [4.69, 9.17) is 4.74 Å². The number of hydrogen-bond donors (Lipinski definition) is 0. The minimum absolute atomic E-state index is 0.304. The summed E-state index contributed by atoms with van der Waals surface area (Å²) in [7, 11) is 3.85. The summed E-state index contributed by atoms with van der Waals surface area (Å²) in [6, 6.07) is 7.82. The zero-order valence-corrected chi connectivity index (χ0v) is 16.6. The average molecular weight is 388 g/mol. The molecule has 5 rings (SSSR count). The van der Waals surface area contributed by atoms with Gasteiger partial charge in [-0.25, -0.2) is 18.7 Å². The van der Waals surface area contributed by atoms with E-state index >= 15 is 0 Å². The van der Waals surface area contributed by atoms with E-state index in [-0.39, 0.29) is 0 Å². The van der Waals surface area contributed by atoms with Gasteiger partial charge in [-0.2, -0.15) is 9.13 Å². The van der Waals surface area contributed by atoms with Crippen LogP contribution in [0.1, 0.15) is 32.1 Å². The fourth-order valence-corrected chi connectivity index (χ4v) is 4.28. The van der Waals surface area contributed by atoms with Gasteiger partial charge in [0.15, 0.2) is 11.4 Å². The number of fused-ring (bicyclic) bond motifs is 2. The van der Waals surface area contributed by atoms with Gasteiger partial charge in [-0.15, -0.1) is 0 Å². The molecular formula is C22H20N4O3+2. The van der Waals surface area contributed by atoms with Crippen LogP contribution >= 0.6 is 0 Å². The molecule has 4 aromatic rings. The predicted octanol–water partition coefficient (Wildman–Crippen LogP) is 2.00. The Bertz CT molecular complexity index is 1260. The third-order valence-corrected chi connectivity index (χ3v) is 5.37. The topological polar surface area (TPSA) is 61.0 Å². The molecular weight excluding hydrogens is 368 g/mol. The molecule has 0 unspecified atom stereocenters. The molecule has 1 aliphatic heterocycles. The van der Waals surface area contributed by atoms with E-state index in [1.54, 1.807) is 0 Å². The van der Waals surface area contributed by atoms with Crippen LogP contribution in [0.2, 0.25) is 0 Å². The molecule has 144 valence electrons. The maximum Gasteiger partial charge on any atom is 0.351 e. The van der Waals surface area contributed by atoms with Crippen LogP contribution in [0.3, 0.4) is 0 Å². The van der Waals surface area contributed by atoms with E-state index in [1.165, 1.54) is 0 Å². The van der Waals surface area contributed by atoms with Crippen LogP contribution in [0.25, 0.3) is 22.1 Å². The van der Waals surface area contributed by atoms with Crippen molar-refractivity contribution in [2.24, 2.45) is 14.1 Å². The molecule has 0 saturated carbocycles. The van der Waals surface area contributed by atoms with Crippen molar-refractivity contribution in [2.75, 3.05) is 0 Å². The third kappa shape index (κ3) is 2.37. The minimum atomic E-state index is -0.614. The van der Waals surface area contributed by atoms with Crippen LogP contribution in [-0.4, -0.2) is 21.1 Å². The molecule has 0 radical (unpaired) electrons. The molecule has 2 aromatic carbocycles. The maximum atomic E-state index is 12.8. The molecule has 29 heavy (non-hydrogen) atoms. The summed E-state index contributed by atoms with van der Waals surface area (Å²) < 4.78 is 12.8. The Balaban J connectivity index is 2.03. The number of carbonyl (C=O) groups is 2. The zero-order valence-electron chi connectivity index (χ0n) is 16.6. The Kier molecular flexibility index (Phi) is 3.52. The highest BCUT2D eigenvalue weighted by Crippen LogP contribution is 2.39. The quantitative estimate of drug-likeness (QED) is 0.300. The summed E-state index contributed by atoms with van der Waals surface area (Å²) in [6.07, 6.45) is 7.72. The third-order valence-electron chi connectivity index (χ3n) is 5.37. The Morgan fingerprint density at radius 1 is 0.759 bits per heavy atom. The largest absolute Gasteiger partial charge is 0.385 e. The number of imidazole rings is 2. The molecule has 0 aliphatic carbocycles. The highest BCUT2D eigenvalue weighted by Gasteiger charge is 2.42. The second-order valence-electron chi connectivity index (χ2n) is 7.51. The number of aromatic nitrogens is 4.